The van der Waals surface area contributed by atoms with E-state index in [1.165, 1.54) is 6.92 Å². The summed E-state index contributed by atoms with van der Waals surface area (Å²) in [6.45, 7) is 6.71. The van der Waals surface area contributed by atoms with E-state index in [0.29, 0.717) is 25.0 Å². The molecule has 2 unspecified atom stereocenters. The molecule has 0 aliphatic carbocycles. The van der Waals surface area contributed by atoms with E-state index in [2.05, 4.69) is 11.9 Å². The van der Waals surface area contributed by atoms with Crippen molar-refractivity contribution in [2.75, 3.05) is 26.4 Å². The van der Waals surface area contributed by atoms with Crippen LogP contribution in [0.4, 0.5) is 0 Å². The molecule has 1 aliphatic heterocycles. The molecule has 0 bridgehead atoms. The van der Waals surface area contributed by atoms with Gasteiger partial charge in [-0.25, -0.2) is 0 Å². The number of Topliss-reactive ketones (excluding diaryl/α,β-unsaturated/α-hetero) is 1. The van der Waals surface area contributed by atoms with Crippen LogP contribution in [0.3, 0.4) is 0 Å². The Bertz CT molecular complexity index is 483. The summed E-state index contributed by atoms with van der Waals surface area (Å²) in [5, 5.41) is 31.7. The maximum Gasteiger partial charge on any atom is 0.217 e. The number of allylic oxidation sites excluding steroid dienone is 1. The Morgan fingerprint density at radius 1 is 1.15 bits per heavy atom. The molecule has 1 heterocycles. The molecule has 0 aromatic heterocycles. The average molecular weight is 375 g/mol. The summed E-state index contributed by atoms with van der Waals surface area (Å²) < 4.78 is 16.3. The monoisotopic (exact) mass is 375 g/mol. The molecule has 9 heteroatoms. The predicted octanol–water partition coefficient (Wildman–Crippen LogP) is -1.11. The molecule has 0 spiro atoms. The van der Waals surface area contributed by atoms with Crippen LogP contribution in [0.1, 0.15) is 26.7 Å². The van der Waals surface area contributed by atoms with Crippen LogP contribution < -0.4 is 5.32 Å². The smallest absolute Gasteiger partial charge is 0.217 e. The highest BCUT2D eigenvalue weighted by Gasteiger charge is 2.45. The predicted molar refractivity (Wildman–Crippen MR) is 91.2 cm³/mol. The SMILES string of the molecule is C=C(C)C(=O)CCCOCCO[C@@H]1OC(CO)[C@H](O)[C@H](O)C1NC(C)=O. The maximum atomic E-state index is 11.4. The molecule has 1 amide bonds. The molecule has 1 saturated heterocycles. The van der Waals surface area contributed by atoms with Crippen molar-refractivity contribution in [2.24, 2.45) is 0 Å². The van der Waals surface area contributed by atoms with Gasteiger partial charge >= 0.3 is 0 Å². The Morgan fingerprint density at radius 2 is 1.85 bits per heavy atom. The fraction of sp³-hybridized carbons (Fsp3) is 0.765. The number of hydrogen-bond donors (Lipinski definition) is 4. The number of nitrogens with one attached hydrogen (secondary N) is 1. The summed E-state index contributed by atoms with van der Waals surface area (Å²) in [6, 6.07) is -0.974. The van der Waals surface area contributed by atoms with Crippen molar-refractivity contribution in [3.63, 3.8) is 0 Å². The third kappa shape index (κ3) is 7.10. The quantitative estimate of drug-likeness (QED) is 0.264. The minimum Gasteiger partial charge on any atom is -0.394 e. The first-order valence-corrected chi connectivity index (χ1v) is 8.55. The van der Waals surface area contributed by atoms with Gasteiger partial charge in [0.2, 0.25) is 5.91 Å². The number of hydrogen-bond acceptors (Lipinski definition) is 8. The van der Waals surface area contributed by atoms with Gasteiger partial charge in [0.05, 0.1) is 19.8 Å². The second-order valence-corrected chi connectivity index (χ2v) is 6.22. The average Bonchev–Trinajstić information content (AvgIpc) is 2.59. The van der Waals surface area contributed by atoms with Gasteiger partial charge < -0.3 is 34.8 Å². The normalized spacial score (nSPS) is 28.6. The zero-order valence-electron chi connectivity index (χ0n) is 15.2. The molecular weight excluding hydrogens is 346 g/mol. The highest BCUT2D eigenvalue weighted by atomic mass is 16.7. The maximum absolute atomic E-state index is 11.4. The largest absolute Gasteiger partial charge is 0.394 e. The molecule has 4 N–H and O–H groups in total. The second-order valence-electron chi connectivity index (χ2n) is 6.22. The number of carbonyl (C=O) groups is 2. The lowest BCUT2D eigenvalue weighted by Gasteiger charge is -2.42. The van der Waals surface area contributed by atoms with Crippen molar-refractivity contribution in [2.45, 2.75) is 57.3 Å². The molecular formula is C17H29NO8. The summed E-state index contributed by atoms with van der Waals surface area (Å²) in [4.78, 5) is 22.7. The number of ether oxygens (including phenoxy) is 3. The highest BCUT2D eigenvalue weighted by molar-refractivity contribution is 5.93. The molecule has 0 aromatic carbocycles. The lowest BCUT2D eigenvalue weighted by Crippen LogP contribution is -2.64. The van der Waals surface area contributed by atoms with Crippen molar-refractivity contribution in [3.05, 3.63) is 12.2 Å². The van der Waals surface area contributed by atoms with E-state index in [4.69, 9.17) is 14.2 Å². The summed E-state index contributed by atoms with van der Waals surface area (Å²) >= 11 is 0. The number of carbonyl (C=O) groups excluding carboxylic acids is 2. The minimum absolute atomic E-state index is 0.00111. The van der Waals surface area contributed by atoms with Crippen molar-refractivity contribution in [3.8, 4) is 0 Å². The fourth-order valence-electron chi connectivity index (χ4n) is 2.49. The summed E-state index contributed by atoms with van der Waals surface area (Å²) in [6.07, 6.45) is -3.81. The molecule has 5 atom stereocenters. The number of rotatable bonds is 11. The van der Waals surface area contributed by atoms with Gasteiger partial charge in [-0.3, -0.25) is 9.59 Å². The Kier molecular flexibility index (Phi) is 9.92. The van der Waals surface area contributed by atoms with Gasteiger partial charge in [0, 0.05) is 20.0 Å². The topological polar surface area (TPSA) is 135 Å². The van der Waals surface area contributed by atoms with Crippen LogP contribution in [-0.2, 0) is 23.8 Å². The number of ketones is 1. The molecule has 1 aliphatic rings. The van der Waals surface area contributed by atoms with Crippen LogP contribution in [0, 0.1) is 0 Å². The number of amides is 1. The van der Waals surface area contributed by atoms with Gasteiger partial charge in [-0.15, -0.1) is 0 Å². The van der Waals surface area contributed by atoms with Crippen LogP contribution in [0.2, 0.25) is 0 Å². The molecule has 150 valence electrons. The first kappa shape index (κ1) is 22.7. The van der Waals surface area contributed by atoms with E-state index in [9.17, 15) is 24.9 Å². The number of aliphatic hydroxyl groups excluding tert-OH is 3. The van der Waals surface area contributed by atoms with Crippen molar-refractivity contribution < 1.29 is 39.1 Å². The van der Waals surface area contributed by atoms with Gasteiger partial charge in [-0.2, -0.15) is 0 Å². The van der Waals surface area contributed by atoms with Crippen molar-refractivity contribution in [1.82, 2.24) is 5.32 Å². The van der Waals surface area contributed by atoms with Gasteiger partial charge in [0.1, 0.15) is 24.4 Å². The Hall–Kier alpha value is -1.36. The van der Waals surface area contributed by atoms with Crippen LogP contribution in [0.25, 0.3) is 0 Å². The molecule has 0 radical (unpaired) electrons. The molecule has 1 rings (SSSR count). The highest BCUT2D eigenvalue weighted by Crippen LogP contribution is 2.22. The second kappa shape index (κ2) is 11.4. The van der Waals surface area contributed by atoms with Crippen molar-refractivity contribution in [1.29, 1.82) is 0 Å². The molecule has 0 saturated carbocycles. The third-order valence-corrected chi connectivity index (χ3v) is 3.93. The Balaban J connectivity index is 2.38. The van der Waals surface area contributed by atoms with Gasteiger partial charge in [-0.1, -0.05) is 6.58 Å². The zero-order chi connectivity index (χ0) is 19.7. The van der Waals surface area contributed by atoms with E-state index >= 15 is 0 Å². The fourth-order valence-corrected chi connectivity index (χ4v) is 2.49. The Morgan fingerprint density at radius 3 is 2.42 bits per heavy atom. The van der Waals surface area contributed by atoms with Crippen LogP contribution in [0.15, 0.2) is 12.2 Å². The van der Waals surface area contributed by atoms with Gasteiger partial charge in [-0.05, 0) is 18.9 Å². The van der Waals surface area contributed by atoms with Crippen LogP contribution in [0.5, 0.6) is 0 Å². The summed E-state index contributed by atoms with van der Waals surface area (Å²) in [5.74, 6) is -0.416. The Labute approximate surface area is 152 Å². The van der Waals surface area contributed by atoms with Gasteiger partial charge in [0.15, 0.2) is 12.1 Å². The molecule has 26 heavy (non-hydrogen) atoms. The van der Waals surface area contributed by atoms with E-state index in [1.54, 1.807) is 6.92 Å². The zero-order valence-corrected chi connectivity index (χ0v) is 15.2. The number of aliphatic hydroxyl groups is 3. The third-order valence-electron chi connectivity index (χ3n) is 3.93. The van der Waals surface area contributed by atoms with E-state index < -0.39 is 43.2 Å². The first-order valence-electron chi connectivity index (χ1n) is 8.55. The van der Waals surface area contributed by atoms with Gasteiger partial charge in [0.25, 0.3) is 0 Å². The molecule has 0 aromatic rings. The molecule has 9 nitrogen and oxygen atoms in total. The van der Waals surface area contributed by atoms with Crippen LogP contribution >= 0.6 is 0 Å². The van der Waals surface area contributed by atoms with E-state index in [1.807, 2.05) is 0 Å². The summed E-state index contributed by atoms with van der Waals surface area (Å²) in [5.41, 5.74) is 0.519. The minimum atomic E-state index is -1.35. The lowest BCUT2D eigenvalue weighted by atomic mass is 9.97. The van der Waals surface area contributed by atoms with E-state index in [0.717, 1.165) is 0 Å². The standard InChI is InChI=1S/C17H29NO8/c1-10(2)12(21)5-4-6-24-7-8-25-17-14(18-11(3)20)16(23)15(22)13(9-19)26-17/h13-17,19,22-23H,1,4-9H2,2-3H3,(H,18,20)/t13?,14?,15-,16+,17+/m0/s1. The summed E-state index contributed by atoms with van der Waals surface area (Å²) in [7, 11) is 0. The first-order chi connectivity index (χ1) is 12.3. The van der Waals surface area contributed by atoms with E-state index in [-0.39, 0.29) is 19.0 Å². The van der Waals surface area contributed by atoms with Crippen molar-refractivity contribution >= 4 is 11.7 Å². The lowest BCUT2D eigenvalue weighted by molar-refractivity contribution is -0.272. The molecule has 1 fully saturated rings. The van der Waals surface area contributed by atoms with Crippen LogP contribution in [-0.4, -0.2) is 84.1 Å².